The zero-order valence-corrected chi connectivity index (χ0v) is 10.2. The fourth-order valence-corrected chi connectivity index (χ4v) is 1.73. The Hall–Kier alpha value is -2.36. The molecule has 2 rings (SSSR count). The van der Waals surface area contributed by atoms with E-state index in [2.05, 4.69) is 5.32 Å². The standard InChI is InChI=1S/C14H13NO3/c1-9(16)15-13-5-3-12-8-14(18-10(2)17)6-4-11(12)7-13/h3-8H,1-2H3,(H,15,16). The van der Waals surface area contributed by atoms with Crippen LogP contribution >= 0.6 is 0 Å². The van der Waals surface area contributed by atoms with Gasteiger partial charge in [0.25, 0.3) is 0 Å². The van der Waals surface area contributed by atoms with Crippen LogP contribution < -0.4 is 10.1 Å². The smallest absolute Gasteiger partial charge is 0.308 e. The summed E-state index contributed by atoms with van der Waals surface area (Å²) in [6.07, 6.45) is 0. The molecule has 0 aliphatic heterocycles. The summed E-state index contributed by atoms with van der Waals surface area (Å²) >= 11 is 0. The van der Waals surface area contributed by atoms with E-state index in [0.717, 1.165) is 16.5 Å². The van der Waals surface area contributed by atoms with E-state index in [0.29, 0.717) is 5.75 Å². The van der Waals surface area contributed by atoms with Crippen LogP contribution in [0.1, 0.15) is 13.8 Å². The number of carbonyl (C=O) groups excluding carboxylic acids is 2. The van der Waals surface area contributed by atoms with E-state index in [9.17, 15) is 9.59 Å². The SMILES string of the molecule is CC(=O)Nc1ccc2cc(OC(C)=O)ccc2c1. The number of hydrogen-bond donors (Lipinski definition) is 1. The van der Waals surface area contributed by atoms with Crippen LogP contribution in [-0.2, 0) is 9.59 Å². The van der Waals surface area contributed by atoms with Crippen molar-refractivity contribution in [1.29, 1.82) is 0 Å². The first kappa shape index (κ1) is 12.1. The largest absolute Gasteiger partial charge is 0.427 e. The number of carbonyl (C=O) groups is 2. The van der Waals surface area contributed by atoms with Crippen LogP contribution in [0, 0.1) is 0 Å². The molecule has 0 bridgehead atoms. The van der Waals surface area contributed by atoms with Crippen LogP contribution in [0.2, 0.25) is 0 Å². The lowest BCUT2D eigenvalue weighted by atomic mass is 10.1. The van der Waals surface area contributed by atoms with Gasteiger partial charge in [-0.25, -0.2) is 0 Å². The predicted molar refractivity (Wildman–Crippen MR) is 69.6 cm³/mol. The third kappa shape index (κ3) is 2.85. The van der Waals surface area contributed by atoms with Gasteiger partial charge in [-0.05, 0) is 35.0 Å². The summed E-state index contributed by atoms with van der Waals surface area (Å²) in [5.41, 5.74) is 0.746. The predicted octanol–water partition coefficient (Wildman–Crippen LogP) is 2.72. The van der Waals surface area contributed by atoms with E-state index < -0.39 is 0 Å². The molecule has 0 heterocycles. The van der Waals surface area contributed by atoms with Crippen LogP contribution in [0.3, 0.4) is 0 Å². The number of hydrogen-bond acceptors (Lipinski definition) is 3. The number of esters is 1. The van der Waals surface area contributed by atoms with E-state index in [1.165, 1.54) is 13.8 Å². The van der Waals surface area contributed by atoms with Crippen molar-refractivity contribution < 1.29 is 14.3 Å². The molecule has 2 aromatic carbocycles. The average Bonchev–Trinajstić information content (AvgIpc) is 2.27. The molecule has 4 nitrogen and oxygen atoms in total. The minimum atomic E-state index is -0.343. The lowest BCUT2D eigenvalue weighted by Gasteiger charge is -2.06. The number of amides is 1. The molecular formula is C14H13NO3. The van der Waals surface area contributed by atoms with Gasteiger partial charge in [0.15, 0.2) is 0 Å². The van der Waals surface area contributed by atoms with Gasteiger partial charge in [0, 0.05) is 19.5 Å². The van der Waals surface area contributed by atoms with Crippen molar-refractivity contribution in [3.63, 3.8) is 0 Å². The van der Waals surface area contributed by atoms with Crippen LogP contribution in [0.15, 0.2) is 36.4 Å². The van der Waals surface area contributed by atoms with E-state index in [4.69, 9.17) is 4.74 Å². The molecule has 1 N–H and O–H groups in total. The molecule has 0 aliphatic carbocycles. The summed E-state index contributed by atoms with van der Waals surface area (Å²) in [6.45, 7) is 2.83. The van der Waals surface area contributed by atoms with E-state index >= 15 is 0 Å². The van der Waals surface area contributed by atoms with Gasteiger partial charge >= 0.3 is 5.97 Å². The highest BCUT2D eigenvalue weighted by Crippen LogP contribution is 2.24. The first-order valence-corrected chi connectivity index (χ1v) is 5.54. The maximum Gasteiger partial charge on any atom is 0.308 e. The minimum Gasteiger partial charge on any atom is -0.427 e. The van der Waals surface area contributed by atoms with Gasteiger partial charge in [-0.15, -0.1) is 0 Å². The first-order chi connectivity index (χ1) is 8.54. The van der Waals surface area contributed by atoms with Crippen LogP contribution in [0.5, 0.6) is 5.75 Å². The third-order valence-electron chi connectivity index (χ3n) is 2.39. The Morgan fingerprint density at radius 2 is 1.67 bits per heavy atom. The lowest BCUT2D eigenvalue weighted by Crippen LogP contribution is -2.05. The molecule has 1 amide bonds. The van der Waals surface area contributed by atoms with Gasteiger partial charge in [0.05, 0.1) is 0 Å². The van der Waals surface area contributed by atoms with Gasteiger partial charge in [-0.3, -0.25) is 9.59 Å². The van der Waals surface area contributed by atoms with Gasteiger partial charge in [0.1, 0.15) is 5.75 Å². The average molecular weight is 243 g/mol. The van der Waals surface area contributed by atoms with E-state index in [1.54, 1.807) is 18.2 Å². The highest BCUT2D eigenvalue weighted by Gasteiger charge is 2.02. The molecule has 2 aromatic rings. The molecule has 0 saturated carbocycles. The molecule has 0 fully saturated rings. The molecule has 18 heavy (non-hydrogen) atoms. The Labute approximate surface area is 105 Å². The maximum atomic E-state index is 11.0. The normalized spacial score (nSPS) is 10.1. The highest BCUT2D eigenvalue weighted by atomic mass is 16.5. The van der Waals surface area contributed by atoms with Crippen LogP contribution in [0.25, 0.3) is 10.8 Å². The van der Waals surface area contributed by atoms with Crippen molar-refractivity contribution in [1.82, 2.24) is 0 Å². The Kier molecular flexibility index (Phi) is 3.28. The second kappa shape index (κ2) is 4.87. The van der Waals surface area contributed by atoms with Crippen molar-refractivity contribution in [3.8, 4) is 5.75 Å². The molecule has 4 heteroatoms. The number of ether oxygens (including phenoxy) is 1. The van der Waals surface area contributed by atoms with Crippen LogP contribution in [0.4, 0.5) is 5.69 Å². The zero-order valence-electron chi connectivity index (χ0n) is 10.2. The minimum absolute atomic E-state index is 0.106. The lowest BCUT2D eigenvalue weighted by molar-refractivity contribution is -0.131. The van der Waals surface area contributed by atoms with E-state index in [1.807, 2.05) is 18.2 Å². The third-order valence-corrected chi connectivity index (χ3v) is 2.39. The first-order valence-electron chi connectivity index (χ1n) is 5.54. The molecule has 0 unspecified atom stereocenters. The Balaban J connectivity index is 2.35. The second-order valence-electron chi connectivity index (χ2n) is 4.00. The summed E-state index contributed by atoms with van der Waals surface area (Å²) in [5, 5.41) is 4.64. The van der Waals surface area contributed by atoms with Crippen molar-refractivity contribution in [2.24, 2.45) is 0 Å². The van der Waals surface area contributed by atoms with Crippen LogP contribution in [-0.4, -0.2) is 11.9 Å². The van der Waals surface area contributed by atoms with Gasteiger partial charge in [-0.1, -0.05) is 12.1 Å². The molecular weight excluding hydrogens is 230 g/mol. The fourth-order valence-electron chi connectivity index (χ4n) is 1.73. The highest BCUT2D eigenvalue weighted by molar-refractivity contribution is 5.93. The molecule has 0 aromatic heterocycles. The van der Waals surface area contributed by atoms with Gasteiger partial charge in [-0.2, -0.15) is 0 Å². The zero-order chi connectivity index (χ0) is 13.1. The summed E-state index contributed by atoms with van der Waals surface area (Å²) in [7, 11) is 0. The van der Waals surface area contributed by atoms with Gasteiger partial charge < -0.3 is 10.1 Å². The van der Waals surface area contributed by atoms with E-state index in [-0.39, 0.29) is 11.9 Å². The molecule has 0 aliphatic rings. The van der Waals surface area contributed by atoms with Crippen molar-refractivity contribution in [2.75, 3.05) is 5.32 Å². The Morgan fingerprint density at radius 3 is 2.33 bits per heavy atom. The Morgan fingerprint density at radius 1 is 1.00 bits per heavy atom. The van der Waals surface area contributed by atoms with Crippen molar-refractivity contribution in [2.45, 2.75) is 13.8 Å². The number of rotatable bonds is 2. The molecule has 0 radical (unpaired) electrons. The second-order valence-corrected chi connectivity index (χ2v) is 4.00. The number of benzene rings is 2. The Bertz CT molecular complexity index is 564. The number of nitrogens with one attached hydrogen (secondary N) is 1. The summed E-state index contributed by atoms with van der Waals surface area (Å²) < 4.78 is 5.01. The molecule has 92 valence electrons. The molecule has 0 saturated heterocycles. The summed E-state index contributed by atoms with van der Waals surface area (Å²) in [4.78, 5) is 21.8. The van der Waals surface area contributed by atoms with Gasteiger partial charge in [0.2, 0.25) is 5.91 Å². The van der Waals surface area contributed by atoms with Crippen molar-refractivity contribution in [3.05, 3.63) is 36.4 Å². The fraction of sp³-hybridized carbons (Fsp3) is 0.143. The number of anilines is 1. The summed E-state index contributed by atoms with van der Waals surface area (Å²) in [6, 6.07) is 10.9. The quantitative estimate of drug-likeness (QED) is 0.651. The molecule has 0 spiro atoms. The topological polar surface area (TPSA) is 55.4 Å². The number of fused-ring (bicyclic) bond motifs is 1. The van der Waals surface area contributed by atoms with Crippen molar-refractivity contribution >= 4 is 28.3 Å². The maximum absolute atomic E-state index is 11.0. The molecule has 0 atom stereocenters. The monoisotopic (exact) mass is 243 g/mol. The summed E-state index contributed by atoms with van der Waals surface area (Å²) in [5.74, 6) is 0.0670.